The molecule has 0 radical (unpaired) electrons. The summed E-state index contributed by atoms with van der Waals surface area (Å²) >= 11 is 0. The third kappa shape index (κ3) is 3.67. The molecule has 0 bridgehead atoms. The number of hydrogen-bond donors (Lipinski definition) is 0. The third-order valence-electron chi connectivity index (χ3n) is 6.48. The highest BCUT2D eigenvalue weighted by molar-refractivity contribution is 5.70. The fourth-order valence-corrected chi connectivity index (χ4v) is 4.77. The van der Waals surface area contributed by atoms with E-state index in [1.807, 2.05) is 12.4 Å². The van der Waals surface area contributed by atoms with Gasteiger partial charge in [-0.3, -0.25) is 9.88 Å². The van der Waals surface area contributed by atoms with Crippen molar-refractivity contribution in [3.05, 3.63) is 82.7 Å². The van der Waals surface area contributed by atoms with Gasteiger partial charge in [-0.2, -0.15) is 0 Å². The first-order valence-corrected chi connectivity index (χ1v) is 10.7. The summed E-state index contributed by atoms with van der Waals surface area (Å²) in [4.78, 5) is 6.76. The summed E-state index contributed by atoms with van der Waals surface area (Å²) < 4.78 is 6.18. The average Bonchev–Trinajstić information content (AvgIpc) is 3.07. The predicted octanol–water partition coefficient (Wildman–Crippen LogP) is 5.81. The van der Waals surface area contributed by atoms with E-state index in [-0.39, 0.29) is 0 Å². The van der Waals surface area contributed by atoms with Crippen molar-refractivity contribution in [2.75, 3.05) is 0 Å². The fourth-order valence-electron chi connectivity index (χ4n) is 4.77. The molecule has 3 nitrogen and oxygen atoms in total. The van der Waals surface area contributed by atoms with Crippen LogP contribution in [0, 0.1) is 13.8 Å². The molecule has 0 saturated heterocycles. The van der Waals surface area contributed by atoms with Crippen LogP contribution in [0.15, 0.2) is 54.9 Å². The molecule has 0 unspecified atom stereocenters. The Morgan fingerprint density at radius 3 is 2.34 bits per heavy atom. The van der Waals surface area contributed by atoms with E-state index < -0.39 is 0 Å². The van der Waals surface area contributed by atoms with Crippen LogP contribution in [0.4, 0.5) is 0 Å². The SMILES string of the molecule is Cc1cc(COc2ccc3c(c2)CN(C2CCC2)C3)cc(C)c1-c1ccncc1. The van der Waals surface area contributed by atoms with Crippen molar-refractivity contribution < 1.29 is 4.74 Å². The van der Waals surface area contributed by atoms with Crippen molar-refractivity contribution in [1.29, 1.82) is 0 Å². The Hall–Kier alpha value is -2.65. The van der Waals surface area contributed by atoms with E-state index in [2.05, 4.69) is 66.2 Å². The van der Waals surface area contributed by atoms with Crippen LogP contribution >= 0.6 is 0 Å². The normalized spacial score (nSPS) is 16.5. The van der Waals surface area contributed by atoms with Crippen LogP contribution in [0.2, 0.25) is 0 Å². The average molecular weight is 385 g/mol. The quantitative estimate of drug-likeness (QED) is 0.555. The second-order valence-electron chi connectivity index (χ2n) is 8.55. The predicted molar refractivity (Wildman–Crippen MR) is 117 cm³/mol. The molecule has 2 aromatic carbocycles. The molecule has 0 spiro atoms. The number of ether oxygens (including phenoxy) is 1. The Kier molecular flexibility index (Phi) is 4.84. The zero-order valence-corrected chi connectivity index (χ0v) is 17.3. The Labute approximate surface area is 173 Å². The highest BCUT2D eigenvalue weighted by Gasteiger charge is 2.29. The number of hydrogen-bond acceptors (Lipinski definition) is 3. The molecule has 2 heterocycles. The van der Waals surface area contributed by atoms with Gasteiger partial charge in [0.05, 0.1) is 0 Å². The zero-order chi connectivity index (χ0) is 19.8. The van der Waals surface area contributed by atoms with Crippen molar-refractivity contribution in [2.24, 2.45) is 0 Å². The molecule has 3 aromatic rings. The second kappa shape index (κ2) is 7.64. The molecular weight excluding hydrogens is 356 g/mol. The lowest BCUT2D eigenvalue weighted by atomic mass is 9.92. The summed E-state index contributed by atoms with van der Waals surface area (Å²) in [6.07, 6.45) is 7.83. The molecule has 5 rings (SSSR count). The van der Waals surface area contributed by atoms with Crippen LogP contribution in [0.5, 0.6) is 5.75 Å². The minimum absolute atomic E-state index is 0.601. The van der Waals surface area contributed by atoms with E-state index in [0.717, 1.165) is 24.9 Å². The van der Waals surface area contributed by atoms with E-state index in [1.165, 1.54) is 58.2 Å². The lowest BCUT2D eigenvalue weighted by Crippen LogP contribution is -2.36. The molecule has 0 N–H and O–H groups in total. The third-order valence-corrected chi connectivity index (χ3v) is 6.48. The van der Waals surface area contributed by atoms with E-state index in [0.29, 0.717) is 6.61 Å². The molecule has 1 aliphatic carbocycles. The Bertz CT molecular complexity index is 1000. The number of pyridine rings is 1. The summed E-state index contributed by atoms with van der Waals surface area (Å²) in [5.41, 5.74) is 9.20. The molecule has 2 aliphatic rings. The molecule has 1 saturated carbocycles. The maximum Gasteiger partial charge on any atom is 0.120 e. The van der Waals surface area contributed by atoms with E-state index in [4.69, 9.17) is 4.74 Å². The van der Waals surface area contributed by atoms with Gasteiger partial charge in [0.2, 0.25) is 0 Å². The molecule has 1 fully saturated rings. The number of fused-ring (bicyclic) bond motifs is 1. The van der Waals surface area contributed by atoms with Gasteiger partial charge in [0, 0.05) is 31.5 Å². The summed E-state index contributed by atoms with van der Waals surface area (Å²) in [5.74, 6) is 0.979. The number of nitrogens with zero attached hydrogens (tertiary/aromatic N) is 2. The lowest BCUT2D eigenvalue weighted by Gasteiger charge is -2.34. The first-order chi connectivity index (χ1) is 14.2. The molecule has 1 aliphatic heterocycles. The molecule has 29 heavy (non-hydrogen) atoms. The molecule has 3 heteroatoms. The van der Waals surface area contributed by atoms with Gasteiger partial charge in [0.15, 0.2) is 0 Å². The number of benzene rings is 2. The van der Waals surface area contributed by atoms with Crippen LogP contribution in [0.25, 0.3) is 11.1 Å². The first-order valence-electron chi connectivity index (χ1n) is 10.7. The lowest BCUT2D eigenvalue weighted by molar-refractivity contribution is 0.126. The van der Waals surface area contributed by atoms with Crippen molar-refractivity contribution in [2.45, 2.75) is 58.8 Å². The van der Waals surface area contributed by atoms with Crippen LogP contribution in [0.3, 0.4) is 0 Å². The highest BCUT2D eigenvalue weighted by atomic mass is 16.5. The largest absolute Gasteiger partial charge is 0.489 e. The molecule has 1 aromatic heterocycles. The van der Waals surface area contributed by atoms with Crippen molar-refractivity contribution >= 4 is 0 Å². The topological polar surface area (TPSA) is 25.4 Å². The van der Waals surface area contributed by atoms with E-state index in [9.17, 15) is 0 Å². The van der Waals surface area contributed by atoms with Gasteiger partial charge in [-0.25, -0.2) is 0 Å². The minimum Gasteiger partial charge on any atom is -0.489 e. The van der Waals surface area contributed by atoms with Gasteiger partial charge in [-0.15, -0.1) is 0 Å². The van der Waals surface area contributed by atoms with Gasteiger partial charge in [-0.05, 0) is 89.9 Å². The first kappa shape index (κ1) is 18.4. The summed E-state index contributed by atoms with van der Waals surface area (Å²) in [7, 11) is 0. The standard InChI is InChI=1S/C26H28N2O/c1-18-12-20(13-19(2)26(18)21-8-10-27-11-9-21)17-29-25-7-6-22-15-28(16-23(22)14-25)24-4-3-5-24/h6-14,24H,3-5,15-17H2,1-2H3. The summed E-state index contributed by atoms with van der Waals surface area (Å²) in [6.45, 7) is 7.14. The van der Waals surface area contributed by atoms with Crippen molar-refractivity contribution in [3.8, 4) is 16.9 Å². The van der Waals surface area contributed by atoms with Crippen LogP contribution < -0.4 is 4.74 Å². The number of rotatable bonds is 5. The fraction of sp³-hybridized carbons (Fsp3) is 0.346. The highest BCUT2D eigenvalue weighted by Crippen LogP contribution is 2.34. The Morgan fingerprint density at radius 2 is 1.66 bits per heavy atom. The summed E-state index contributed by atoms with van der Waals surface area (Å²) in [6, 6.07) is 16.1. The number of aryl methyl sites for hydroxylation is 2. The van der Waals surface area contributed by atoms with Gasteiger partial charge in [0.1, 0.15) is 12.4 Å². The van der Waals surface area contributed by atoms with E-state index in [1.54, 1.807) is 0 Å². The van der Waals surface area contributed by atoms with Gasteiger partial charge in [0.25, 0.3) is 0 Å². The smallest absolute Gasteiger partial charge is 0.120 e. The van der Waals surface area contributed by atoms with Gasteiger partial charge >= 0.3 is 0 Å². The van der Waals surface area contributed by atoms with E-state index >= 15 is 0 Å². The Morgan fingerprint density at radius 1 is 0.931 bits per heavy atom. The Balaban J connectivity index is 1.29. The van der Waals surface area contributed by atoms with Crippen molar-refractivity contribution in [1.82, 2.24) is 9.88 Å². The number of aromatic nitrogens is 1. The van der Waals surface area contributed by atoms with Crippen LogP contribution in [-0.4, -0.2) is 15.9 Å². The maximum absolute atomic E-state index is 6.18. The second-order valence-corrected chi connectivity index (χ2v) is 8.55. The maximum atomic E-state index is 6.18. The monoisotopic (exact) mass is 384 g/mol. The summed E-state index contributed by atoms with van der Waals surface area (Å²) in [5, 5.41) is 0. The van der Waals surface area contributed by atoms with Crippen molar-refractivity contribution in [3.63, 3.8) is 0 Å². The molecular formula is C26H28N2O. The molecule has 0 amide bonds. The minimum atomic E-state index is 0.601. The zero-order valence-electron chi connectivity index (χ0n) is 17.3. The molecule has 148 valence electrons. The van der Waals surface area contributed by atoms with Gasteiger partial charge < -0.3 is 4.74 Å². The van der Waals surface area contributed by atoms with Gasteiger partial charge in [-0.1, -0.05) is 24.6 Å². The van der Waals surface area contributed by atoms with Crippen LogP contribution in [0.1, 0.15) is 47.1 Å². The van der Waals surface area contributed by atoms with Crippen LogP contribution in [-0.2, 0) is 19.7 Å². The molecule has 0 atom stereocenters.